The number of carbonyl (C=O) groups is 1. The molecule has 1 aromatic heterocycles. The number of para-hydroxylation sites is 1. The van der Waals surface area contributed by atoms with Crippen LogP contribution in [-0.4, -0.2) is 15.9 Å². The first-order valence-electron chi connectivity index (χ1n) is 8.61. The Morgan fingerprint density at radius 2 is 1.89 bits per heavy atom. The summed E-state index contributed by atoms with van der Waals surface area (Å²) in [4.78, 5) is 21.4. The molecule has 0 aliphatic heterocycles. The number of carbonyl (C=O) groups excluding carboxylic acids is 1. The van der Waals surface area contributed by atoms with Gasteiger partial charge >= 0.3 is 0 Å². The van der Waals surface area contributed by atoms with E-state index in [9.17, 15) is 4.79 Å². The molecule has 1 heterocycles. The van der Waals surface area contributed by atoms with E-state index < -0.39 is 0 Å². The predicted molar refractivity (Wildman–Crippen MR) is 107 cm³/mol. The van der Waals surface area contributed by atoms with Crippen LogP contribution < -0.4 is 10.1 Å². The van der Waals surface area contributed by atoms with E-state index in [4.69, 9.17) is 16.3 Å². The van der Waals surface area contributed by atoms with E-state index in [0.29, 0.717) is 39.3 Å². The number of nitrogens with one attached hydrogen (secondary N) is 1. The summed E-state index contributed by atoms with van der Waals surface area (Å²) in [6, 6.07) is 14.4. The molecule has 0 saturated heterocycles. The second-order valence-electron chi connectivity index (χ2n) is 6.39. The monoisotopic (exact) mass is 381 g/mol. The highest BCUT2D eigenvalue weighted by atomic mass is 35.5. The van der Waals surface area contributed by atoms with Crippen LogP contribution in [0.5, 0.6) is 11.5 Å². The molecule has 0 radical (unpaired) electrons. The number of hydrogen-bond donors (Lipinski definition) is 1. The van der Waals surface area contributed by atoms with E-state index in [1.807, 2.05) is 44.2 Å². The zero-order valence-electron chi connectivity index (χ0n) is 15.4. The molecule has 1 amide bonds. The summed E-state index contributed by atoms with van der Waals surface area (Å²) < 4.78 is 5.88. The molecule has 6 heteroatoms. The zero-order chi connectivity index (χ0) is 19.4. The molecule has 0 aliphatic carbocycles. The summed E-state index contributed by atoms with van der Waals surface area (Å²) in [5.41, 5.74) is 1.51. The second kappa shape index (κ2) is 8.18. The van der Waals surface area contributed by atoms with Crippen LogP contribution in [0.2, 0.25) is 5.02 Å². The van der Waals surface area contributed by atoms with Crippen molar-refractivity contribution >= 4 is 23.2 Å². The average Bonchev–Trinajstić information content (AvgIpc) is 2.64. The Kier molecular flexibility index (Phi) is 5.72. The number of ether oxygens (including phenoxy) is 1. The first-order chi connectivity index (χ1) is 12.9. The molecule has 0 atom stereocenters. The molecule has 0 saturated carbocycles. The van der Waals surface area contributed by atoms with Crippen molar-refractivity contribution in [2.45, 2.75) is 26.7 Å². The number of amides is 1. The van der Waals surface area contributed by atoms with E-state index in [0.717, 1.165) is 0 Å². The van der Waals surface area contributed by atoms with Crippen LogP contribution in [0.4, 0.5) is 5.69 Å². The summed E-state index contributed by atoms with van der Waals surface area (Å²) >= 11 is 6.10. The summed E-state index contributed by atoms with van der Waals surface area (Å²) in [6.45, 7) is 5.81. The fraction of sp³-hybridized carbons (Fsp3) is 0.190. The lowest BCUT2D eigenvalue weighted by atomic mass is 10.1. The molecule has 138 valence electrons. The minimum atomic E-state index is -0.317. The van der Waals surface area contributed by atoms with Gasteiger partial charge in [0.15, 0.2) is 5.75 Å². The number of benzene rings is 2. The molecule has 3 rings (SSSR count). The standard InChI is InChI=1S/C21H20ClN3O2/c1-13(2)20-23-12-17(14(3)24-20)21(26)25-18-11-15(22)9-10-19(18)27-16-7-5-4-6-8-16/h4-13H,1-3H3,(H,25,26). The molecule has 3 aromatic rings. The third-order valence-corrected chi connectivity index (χ3v) is 4.15. The van der Waals surface area contributed by atoms with E-state index in [2.05, 4.69) is 15.3 Å². The van der Waals surface area contributed by atoms with Crippen LogP contribution in [-0.2, 0) is 0 Å². The molecule has 27 heavy (non-hydrogen) atoms. The van der Waals surface area contributed by atoms with Gasteiger partial charge in [-0.25, -0.2) is 9.97 Å². The van der Waals surface area contributed by atoms with Crippen LogP contribution in [0, 0.1) is 6.92 Å². The van der Waals surface area contributed by atoms with Gasteiger partial charge in [-0.05, 0) is 37.3 Å². The Balaban J connectivity index is 1.86. The summed E-state index contributed by atoms with van der Waals surface area (Å²) in [6.07, 6.45) is 1.55. The molecule has 1 N–H and O–H groups in total. The molecule has 0 unspecified atom stereocenters. The lowest BCUT2D eigenvalue weighted by Gasteiger charge is -2.14. The van der Waals surface area contributed by atoms with Gasteiger partial charge in [-0.3, -0.25) is 4.79 Å². The smallest absolute Gasteiger partial charge is 0.259 e. The molecule has 0 aliphatic rings. The van der Waals surface area contributed by atoms with Gasteiger partial charge in [0.2, 0.25) is 0 Å². The van der Waals surface area contributed by atoms with E-state index >= 15 is 0 Å². The first-order valence-corrected chi connectivity index (χ1v) is 8.99. The van der Waals surface area contributed by atoms with Gasteiger partial charge in [0.25, 0.3) is 5.91 Å². The van der Waals surface area contributed by atoms with Crippen molar-refractivity contribution in [2.24, 2.45) is 0 Å². The Morgan fingerprint density at radius 3 is 2.56 bits per heavy atom. The van der Waals surface area contributed by atoms with Crippen LogP contribution in [0.25, 0.3) is 0 Å². The quantitative estimate of drug-likeness (QED) is 0.624. The van der Waals surface area contributed by atoms with Gasteiger partial charge in [-0.15, -0.1) is 0 Å². The van der Waals surface area contributed by atoms with Crippen LogP contribution in [0.1, 0.15) is 41.6 Å². The number of rotatable bonds is 5. The Hall–Kier alpha value is -2.92. The van der Waals surface area contributed by atoms with Gasteiger partial charge in [-0.2, -0.15) is 0 Å². The predicted octanol–water partition coefficient (Wildman–Crippen LogP) is 5.61. The second-order valence-corrected chi connectivity index (χ2v) is 6.83. The lowest BCUT2D eigenvalue weighted by molar-refractivity contribution is 0.102. The Bertz CT molecular complexity index is 959. The van der Waals surface area contributed by atoms with Crippen molar-refractivity contribution in [1.29, 1.82) is 0 Å². The Labute approximate surface area is 163 Å². The highest BCUT2D eigenvalue weighted by Crippen LogP contribution is 2.32. The zero-order valence-corrected chi connectivity index (χ0v) is 16.1. The topological polar surface area (TPSA) is 64.1 Å². The van der Waals surface area contributed by atoms with Crippen LogP contribution >= 0.6 is 11.6 Å². The molecule has 5 nitrogen and oxygen atoms in total. The van der Waals surface area contributed by atoms with Gasteiger partial charge in [-0.1, -0.05) is 43.6 Å². The number of nitrogens with zero attached hydrogens (tertiary/aromatic N) is 2. The number of aromatic nitrogens is 2. The maximum Gasteiger partial charge on any atom is 0.259 e. The normalized spacial score (nSPS) is 10.7. The van der Waals surface area contributed by atoms with Crippen molar-refractivity contribution in [3.05, 3.63) is 76.8 Å². The number of anilines is 1. The van der Waals surface area contributed by atoms with E-state index in [1.54, 1.807) is 31.3 Å². The minimum Gasteiger partial charge on any atom is -0.455 e. The molecule has 0 spiro atoms. The van der Waals surface area contributed by atoms with Crippen molar-refractivity contribution in [3.8, 4) is 11.5 Å². The molecular formula is C21H20ClN3O2. The highest BCUT2D eigenvalue weighted by molar-refractivity contribution is 6.31. The van der Waals surface area contributed by atoms with E-state index in [1.165, 1.54) is 0 Å². The largest absolute Gasteiger partial charge is 0.455 e. The maximum absolute atomic E-state index is 12.7. The maximum atomic E-state index is 12.7. The highest BCUT2D eigenvalue weighted by Gasteiger charge is 2.16. The first kappa shape index (κ1) is 18.9. The van der Waals surface area contributed by atoms with Crippen LogP contribution in [0.3, 0.4) is 0 Å². The number of hydrogen-bond acceptors (Lipinski definition) is 4. The van der Waals surface area contributed by atoms with Gasteiger partial charge in [0.05, 0.1) is 16.9 Å². The summed E-state index contributed by atoms with van der Waals surface area (Å²) in [5.74, 6) is 1.75. The fourth-order valence-electron chi connectivity index (χ4n) is 2.48. The molecule has 2 aromatic carbocycles. The molecule has 0 bridgehead atoms. The number of aryl methyl sites for hydroxylation is 1. The van der Waals surface area contributed by atoms with Crippen molar-refractivity contribution < 1.29 is 9.53 Å². The molecule has 0 fully saturated rings. The fourth-order valence-corrected chi connectivity index (χ4v) is 2.65. The Morgan fingerprint density at radius 1 is 1.15 bits per heavy atom. The third-order valence-electron chi connectivity index (χ3n) is 3.92. The van der Waals surface area contributed by atoms with Gasteiger partial charge < -0.3 is 10.1 Å². The van der Waals surface area contributed by atoms with Crippen molar-refractivity contribution in [3.63, 3.8) is 0 Å². The van der Waals surface area contributed by atoms with Gasteiger partial charge in [0, 0.05) is 17.1 Å². The SMILES string of the molecule is Cc1nc(C(C)C)ncc1C(=O)Nc1cc(Cl)ccc1Oc1ccccc1. The summed E-state index contributed by atoms with van der Waals surface area (Å²) in [7, 11) is 0. The summed E-state index contributed by atoms with van der Waals surface area (Å²) in [5, 5.41) is 3.34. The lowest BCUT2D eigenvalue weighted by Crippen LogP contribution is -2.16. The van der Waals surface area contributed by atoms with Crippen molar-refractivity contribution in [1.82, 2.24) is 9.97 Å². The average molecular weight is 382 g/mol. The van der Waals surface area contributed by atoms with Crippen LogP contribution in [0.15, 0.2) is 54.7 Å². The minimum absolute atomic E-state index is 0.194. The van der Waals surface area contributed by atoms with Gasteiger partial charge in [0.1, 0.15) is 11.6 Å². The number of halogens is 1. The molecular weight excluding hydrogens is 362 g/mol. The van der Waals surface area contributed by atoms with E-state index in [-0.39, 0.29) is 11.8 Å². The van der Waals surface area contributed by atoms with Crippen molar-refractivity contribution in [2.75, 3.05) is 5.32 Å². The third kappa shape index (κ3) is 4.63.